The molecule has 26 heavy (non-hydrogen) atoms. The van der Waals surface area contributed by atoms with Gasteiger partial charge in [0.2, 0.25) is 11.7 Å². The van der Waals surface area contributed by atoms with Crippen LogP contribution in [0.15, 0.2) is 47.0 Å². The van der Waals surface area contributed by atoms with Crippen LogP contribution in [0.25, 0.3) is 11.4 Å². The molecule has 0 aliphatic rings. The molecule has 3 aromatic rings. The average Bonchev–Trinajstić information content (AvgIpc) is 3.13. The van der Waals surface area contributed by atoms with Gasteiger partial charge in [-0.15, -0.1) is 0 Å². The van der Waals surface area contributed by atoms with Crippen molar-refractivity contribution in [3.63, 3.8) is 0 Å². The number of hydrogen-bond donors (Lipinski definition) is 0. The van der Waals surface area contributed by atoms with Crippen LogP contribution >= 0.6 is 0 Å². The normalized spacial score (nSPS) is 12.4. The lowest BCUT2D eigenvalue weighted by Gasteiger charge is -2.22. The van der Waals surface area contributed by atoms with Crippen LogP contribution in [-0.2, 0) is 6.54 Å². The zero-order valence-electron chi connectivity index (χ0n) is 15.4. The second-order valence-electron chi connectivity index (χ2n) is 6.32. The smallest absolute Gasteiger partial charge is 0.244 e. The fourth-order valence-electron chi connectivity index (χ4n) is 2.73. The minimum absolute atomic E-state index is 0.0808. The molecule has 2 aromatic carbocycles. The number of methoxy groups -OCH3 is 1. The minimum Gasteiger partial charge on any atom is -0.496 e. The number of aromatic nitrogens is 2. The maximum absolute atomic E-state index is 13.4. The van der Waals surface area contributed by atoms with E-state index in [1.54, 1.807) is 26.2 Å². The molecular formula is C20H22FN3O2. The number of nitrogens with zero attached hydrogens (tertiary/aromatic N) is 3. The summed E-state index contributed by atoms with van der Waals surface area (Å²) in [6, 6.07) is 12.6. The standard InChI is InChI=1S/C20H22FN3O2/c1-13-11-15(9-10-17(13)21)19-22-20(26-23-19)14(2)24(3)12-16-7-5-6-8-18(16)25-4/h5-11,14H,12H2,1-4H3. The molecule has 0 bridgehead atoms. The Morgan fingerprint density at radius 1 is 1.23 bits per heavy atom. The highest BCUT2D eigenvalue weighted by molar-refractivity contribution is 5.55. The third-order valence-corrected chi connectivity index (χ3v) is 4.49. The van der Waals surface area contributed by atoms with Gasteiger partial charge in [-0.3, -0.25) is 4.90 Å². The highest BCUT2D eigenvalue weighted by Crippen LogP contribution is 2.26. The molecule has 0 amide bonds. The lowest BCUT2D eigenvalue weighted by Crippen LogP contribution is -2.22. The van der Waals surface area contributed by atoms with E-state index in [-0.39, 0.29) is 11.9 Å². The SMILES string of the molecule is COc1ccccc1CN(C)C(C)c1nc(-c2ccc(F)c(C)c2)no1. The second-order valence-corrected chi connectivity index (χ2v) is 6.32. The van der Waals surface area contributed by atoms with Gasteiger partial charge >= 0.3 is 0 Å². The molecule has 0 fully saturated rings. The van der Waals surface area contributed by atoms with Crippen molar-refractivity contribution in [1.82, 2.24) is 15.0 Å². The summed E-state index contributed by atoms with van der Waals surface area (Å²) in [5.41, 5.74) is 2.37. The predicted octanol–water partition coefficient (Wildman–Crippen LogP) is 4.39. The van der Waals surface area contributed by atoms with E-state index in [1.807, 2.05) is 38.2 Å². The van der Waals surface area contributed by atoms with Crippen molar-refractivity contribution in [2.45, 2.75) is 26.4 Å². The van der Waals surface area contributed by atoms with Gasteiger partial charge in [-0.2, -0.15) is 4.98 Å². The Balaban J connectivity index is 1.76. The van der Waals surface area contributed by atoms with Crippen molar-refractivity contribution in [2.75, 3.05) is 14.2 Å². The van der Waals surface area contributed by atoms with Gasteiger partial charge in [0, 0.05) is 17.7 Å². The summed E-state index contributed by atoms with van der Waals surface area (Å²) in [7, 11) is 3.65. The van der Waals surface area contributed by atoms with E-state index in [0.29, 0.717) is 23.8 Å². The van der Waals surface area contributed by atoms with Gasteiger partial charge in [0.15, 0.2) is 0 Å². The summed E-state index contributed by atoms with van der Waals surface area (Å²) in [5.74, 6) is 1.57. The van der Waals surface area contributed by atoms with Gasteiger partial charge in [0.25, 0.3) is 0 Å². The highest BCUT2D eigenvalue weighted by atomic mass is 19.1. The molecule has 0 radical (unpaired) electrons. The van der Waals surface area contributed by atoms with Crippen molar-refractivity contribution >= 4 is 0 Å². The zero-order chi connectivity index (χ0) is 18.7. The number of benzene rings is 2. The number of para-hydroxylation sites is 1. The Morgan fingerprint density at radius 2 is 2.00 bits per heavy atom. The number of aryl methyl sites for hydroxylation is 1. The summed E-state index contributed by atoms with van der Waals surface area (Å²) in [4.78, 5) is 6.59. The molecule has 1 heterocycles. The third kappa shape index (κ3) is 3.75. The fraction of sp³-hybridized carbons (Fsp3) is 0.300. The first-order valence-corrected chi connectivity index (χ1v) is 8.42. The molecule has 1 atom stereocenters. The summed E-state index contributed by atoms with van der Waals surface area (Å²) in [6.07, 6.45) is 0. The molecule has 6 heteroatoms. The molecule has 136 valence electrons. The van der Waals surface area contributed by atoms with Crippen molar-refractivity contribution in [1.29, 1.82) is 0 Å². The highest BCUT2D eigenvalue weighted by Gasteiger charge is 2.20. The molecule has 0 aliphatic carbocycles. The monoisotopic (exact) mass is 355 g/mol. The maximum atomic E-state index is 13.4. The fourth-order valence-corrected chi connectivity index (χ4v) is 2.73. The Labute approximate surface area is 152 Å². The second kappa shape index (κ2) is 7.66. The van der Waals surface area contributed by atoms with E-state index < -0.39 is 0 Å². The molecule has 0 saturated heterocycles. The first kappa shape index (κ1) is 18.1. The van der Waals surface area contributed by atoms with E-state index in [1.165, 1.54) is 6.07 Å². The number of ether oxygens (including phenoxy) is 1. The van der Waals surface area contributed by atoms with Crippen LogP contribution in [0.3, 0.4) is 0 Å². The van der Waals surface area contributed by atoms with Crippen LogP contribution in [-0.4, -0.2) is 29.2 Å². The summed E-state index contributed by atoms with van der Waals surface area (Å²) >= 11 is 0. The Morgan fingerprint density at radius 3 is 2.73 bits per heavy atom. The number of halogens is 1. The maximum Gasteiger partial charge on any atom is 0.244 e. The molecule has 0 N–H and O–H groups in total. The van der Waals surface area contributed by atoms with Crippen LogP contribution in [0.4, 0.5) is 4.39 Å². The molecule has 0 saturated carbocycles. The number of hydrogen-bond acceptors (Lipinski definition) is 5. The van der Waals surface area contributed by atoms with E-state index in [0.717, 1.165) is 16.9 Å². The molecule has 5 nitrogen and oxygen atoms in total. The van der Waals surface area contributed by atoms with Crippen LogP contribution in [0.1, 0.15) is 30.0 Å². The summed E-state index contributed by atoms with van der Waals surface area (Å²) < 4.78 is 24.3. The van der Waals surface area contributed by atoms with E-state index in [2.05, 4.69) is 15.0 Å². The molecule has 0 aliphatic heterocycles. The molecule has 1 unspecified atom stereocenters. The van der Waals surface area contributed by atoms with Crippen molar-refractivity contribution in [3.8, 4) is 17.1 Å². The van der Waals surface area contributed by atoms with Gasteiger partial charge in [0.1, 0.15) is 11.6 Å². The molecular weight excluding hydrogens is 333 g/mol. The zero-order valence-corrected chi connectivity index (χ0v) is 15.4. The molecule has 3 rings (SSSR count). The summed E-state index contributed by atoms with van der Waals surface area (Å²) in [6.45, 7) is 4.39. The van der Waals surface area contributed by atoms with Crippen LogP contribution < -0.4 is 4.74 Å². The average molecular weight is 355 g/mol. The topological polar surface area (TPSA) is 51.4 Å². The third-order valence-electron chi connectivity index (χ3n) is 4.49. The van der Waals surface area contributed by atoms with Gasteiger partial charge in [0.05, 0.1) is 13.2 Å². The predicted molar refractivity (Wildman–Crippen MR) is 97.3 cm³/mol. The van der Waals surface area contributed by atoms with Crippen LogP contribution in [0.2, 0.25) is 0 Å². The van der Waals surface area contributed by atoms with Gasteiger partial charge in [-0.05, 0) is 50.7 Å². The van der Waals surface area contributed by atoms with E-state index in [4.69, 9.17) is 9.26 Å². The van der Waals surface area contributed by atoms with Crippen molar-refractivity contribution in [2.24, 2.45) is 0 Å². The lowest BCUT2D eigenvalue weighted by molar-refractivity contribution is 0.200. The quantitative estimate of drug-likeness (QED) is 0.656. The van der Waals surface area contributed by atoms with Gasteiger partial charge in [-0.25, -0.2) is 4.39 Å². The van der Waals surface area contributed by atoms with Crippen LogP contribution in [0.5, 0.6) is 5.75 Å². The largest absolute Gasteiger partial charge is 0.496 e. The van der Waals surface area contributed by atoms with Crippen LogP contribution in [0, 0.1) is 12.7 Å². The Hall–Kier alpha value is -2.73. The van der Waals surface area contributed by atoms with E-state index >= 15 is 0 Å². The minimum atomic E-state index is -0.248. The van der Waals surface area contributed by atoms with Crippen molar-refractivity contribution < 1.29 is 13.7 Å². The van der Waals surface area contributed by atoms with E-state index in [9.17, 15) is 4.39 Å². The van der Waals surface area contributed by atoms with Gasteiger partial charge < -0.3 is 9.26 Å². The first-order valence-electron chi connectivity index (χ1n) is 8.42. The molecule has 0 spiro atoms. The van der Waals surface area contributed by atoms with Crippen molar-refractivity contribution in [3.05, 3.63) is 65.3 Å². The summed E-state index contributed by atoms with van der Waals surface area (Å²) in [5, 5.41) is 4.04. The molecule has 1 aromatic heterocycles. The number of rotatable bonds is 6. The van der Waals surface area contributed by atoms with Gasteiger partial charge in [-0.1, -0.05) is 23.4 Å². The first-order chi connectivity index (χ1) is 12.5. The lowest BCUT2D eigenvalue weighted by atomic mass is 10.1. The Kier molecular flexibility index (Phi) is 5.32. The Bertz CT molecular complexity index is 894.